The van der Waals surface area contributed by atoms with Crippen LogP contribution in [-0.2, 0) is 0 Å². The summed E-state index contributed by atoms with van der Waals surface area (Å²) in [6, 6.07) is 4.74. The molecule has 1 aliphatic rings. The lowest BCUT2D eigenvalue weighted by Crippen LogP contribution is -2.43. The highest BCUT2D eigenvalue weighted by Crippen LogP contribution is 2.09. The van der Waals surface area contributed by atoms with Crippen molar-refractivity contribution in [1.29, 1.82) is 0 Å². The highest BCUT2D eigenvalue weighted by atomic mass is 19.1. The lowest BCUT2D eigenvalue weighted by atomic mass is 10.0. The molecule has 18 heavy (non-hydrogen) atoms. The van der Waals surface area contributed by atoms with Crippen molar-refractivity contribution in [2.45, 2.75) is 32.2 Å². The second-order valence-electron chi connectivity index (χ2n) is 4.87. The molecule has 1 fully saturated rings. The van der Waals surface area contributed by atoms with Crippen LogP contribution < -0.4 is 10.6 Å². The Morgan fingerprint density at radius 3 is 2.94 bits per heavy atom. The van der Waals surface area contributed by atoms with Gasteiger partial charge in [0.1, 0.15) is 5.82 Å². The standard InChI is InChI=1S/C14H19FN2O/c1-10-6-11(8-12(15)7-10)14(18)17-9-13-4-2-3-5-16-13/h6-8,13,16H,2-5,9H2,1H3,(H,17,18)/t13-/m1/s1. The molecule has 1 atom stereocenters. The number of hydrogen-bond donors (Lipinski definition) is 2. The molecule has 0 radical (unpaired) electrons. The molecule has 1 aromatic carbocycles. The van der Waals surface area contributed by atoms with E-state index in [0.717, 1.165) is 18.5 Å². The maximum Gasteiger partial charge on any atom is 0.251 e. The third kappa shape index (κ3) is 3.53. The molecule has 3 nitrogen and oxygen atoms in total. The van der Waals surface area contributed by atoms with Gasteiger partial charge in [0.2, 0.25) is 0 Å². The van der Waals surface area contributed by atoms with Crippen molar-refractivity contribution in [3.05, 3.63) is 35.1 Å². The topological polar surface area (TPSA) is 41.1 Å². The Morgan fingerprint density at radius 2 is 2.28 bits per heavy atom. The Kier molecular flexibility index (Phi) is 4.31. The monoisotopic (exact) mass is 250 g/mol. The first-order valence-electron chi connectivity index (χ1n) is 6.44. The molecule has 0 aromatic heterocycles. The molecule has 4 heteroatoms. The van der Waals surface area contributed by atoms with Crippen LogP contribution in [0, 0.1) is 12.7 Å². The van der Waals surface area contributed by atoms with Crippen LogP contribution in [0.4, 0.5) is 4.39 Å². The fraction of sp³-hybridized carbons (Fsp3) is 0.500. The minimum Gasteiger partial charge on any atom is -0.350 e. The van der Waals surface area contributed by atoms with E-state index in [1.807, 2.05) is 0 Å². The van der Waals surface area contributed by atoms with Crippen LogP contribution in [0.2, 0.25) is 0 Å². The van der Waals surface area contributed by atoms with E-state index < -0.39 is 0 Å². The fourth-order valence-electron chi connectivity index (χ4n) is 2.28. The van der Waals surface area contributed by atoms with E-state index in [-0.39, 0.29) is 11.7 Å². The van der Waals surface area contributed by atoms with Crippen LogP contribution in [0.3, 0.4) is 0 Å². The van der Waals surface area contributed by atoms with Gasteiger partial charge in [0.25, 0.3) is 5.91 Å². The van der Waals surface area contributed by atoms with Gasteiger partial charge in [-0.05, 0) is 50.1 Å². The molecule has 0 bridgehead atoms. The molecule has 1 saturated heterocycles. The van der Waals surface area contributed by atoms with Gasteiger partial charge in [0.05, 0.1) is 0 Å². The zero-order valence-corrected chi connectivity index (χ0v) is 10.6. The zero-order chi connectivity index (χ0) is 13.0. The van der Waals surface area contributed by atoms with Gasteiger partial charge in [-0.25, -0.2) is 4.39 Å². The van der Waals surface area contributed by atoms with E-state index in [0.29, 0.717) is 18.2 Å². The van der Waals surface area contributed by atoms with Crippen LogP contribution in [-0.4, -0.2) is 25.0 Å². The average molecular weight is 250 g/mol. The number of aryl methyl sites for hydroxylation is 1. The second-order valence-corrected chi connectivity index (χ2v) is 4.87. The molecule has 1 heterocycles. The zero-order valence-electron chi connectivity index (χ0n) is 10.6. The van der Waals surface area contributed by atoms with Crippen molar-refractivity contribution < 1.29 is 9.18 Å². The number of carbonyl (C=O) groups excluding carboxylic acids is 1. The lowest BCUT2D eigenvalue weighted by Gasteiger charge is -2.23. The number of hydrogen-bond acceptors (Lipinski definition) is 2. The molecular formula is C14H19FN2O. The summed E-state index contributed by atoms with van der Waals surface area (Å²) >= 11 is 0. The highest BCUT2D eigenvalue weighted by molar-refractivity contribution is 5.94. The summed E-state index contributed by atoms with van der Waals surface area (Å²) in [5, 5.41) is 6.21. The molecular weight excluding hydrogens is 231 g/mol. The second kappa shape index (κ2) is 5.96. The van der Waals surface area contributed by atoms with E-state index in [2.05, 4.69) is 10.6 Å². The minimum absolute atomic E-state index is 0.204. The summed E-state index contributed by atoms with van der Waals surface area (Å²) in [4.78, 5) is 11.9. The van der Waals surface area contributed by atoms with Gasteiger partial charge in [-0.1, -0.05) is 6.42 Å². The smallest absolute Gasteiger partial charge is 0.251 e. The van der Waals surface area contributed by atoms with E-state index >= 15 is 0 Å². The SMILES string of the molecule is Cc1cc(F)cc(C(=O)NC[C@H]2CCCCN2)c1. The number of rotatable bonds is 3. The first kappa shape index (κ1) is 13.0. The van der Waals surface area contributed by atoms with E-state index in [1.54, 1.807) is 13.0 Å². The van der Waals surface area contributed by atoms with Crippen LogP contribution in [0.15, 0.2) is 18.2 Å². The van der Waals surface area contributed by atoms with Crippen molar-refractivity contribution in [2.75, 3.05) is 13.1 Å². The van der Waals surface area contributed by atoms with Crippen molar-refractivity contribution in [3.63, 3.8) is 0 Å². The largest absolute Gasteiger partial charge is 0.350 e. The molecule has 1 amide bonds. The highest BCUT2D eigenvalue weighted by Gasteiger charge is 2.14. The summed E-state index contributed by atoms with van der Waals surface area (Å²) in [5.74, 6) is -0.569. The van der Waals surface area contributed by atoms with Crippen LogP contribution in [0.25, 0.3) is 0 Å². The molecule has 1 aliphatic heterocycles. The summed E-state index contributed by atoms with van der Waals surface area (Å²) in [7, 11) is 0. The van der Waals surface area contributed by atoms with Crippen molar-refractivity contribution in [3.8, 4) is 0 Å². The Hall–Kier alpha value is -1.42. The van der Waals surface area contributed by atoms with Gasteiger partial charge >= 0.3 is 0 Å². The third-order valence-corrected chi connectivity index (χ3v) is 3.23. The Morgan fingerprint density at radius 1 is 1.44 bits per heavy atom. The minimum atomic E-state index is -0.365. The molecule has 0 aliphatic carbocycles. The molecule has 2 N–H and O–H groups in total. The van der Waals surface area contributed by atoms with Crippen molar-refractivity contribution in [1.82, 2.24) is 10.6 Å². The number of halogens is 1. The van der Waals surface area contributed by atoms with Gasteiger partial charge in [-0.15, -0.1) is 0 Å². The molecule has 0 spiro atoms. The Balaban J connectivity index is 1.90. The number of amides is 1. The Bertz CT molecular complexity index is 408. The van der Waals surface area contributed by atoms with Gasteiger partial charge in [0.15, 0.2) is 0 Å². The summed E-state index contributed by atoms with van der Waals surface area (Å²) in [6.07, 6.45) is 3.49. The average Bonchev–Trinajstić information content (AvgIpc) is 2.36. The first-order chi connectivity index (χ1) is 8.65. The van der Waals surface area contributed by atoms with Gasteiger partial charge in [-0.2, -0.15) is 0 Å². The van der Waals surface area contributed by atoms with E-state index in [1.165, 1.54) is 25.0 Å². The maximum absolute atomic E-state index is 13.2. The molecule has 2 rings (SSSR count). The normalized spacial score (nSPS) is 19.6. The van der Waals surface area contributed by atoms with Crippen LogP contribution in [0.5, 0.6) is 0 Å². The van der Waals surface area contributed by atoms with Crippen LogP contribution >= 0.6 is 0 Å². The quantitative estimate of drug-likeness (QED) is 0.861. The summed E-state index contributed by atoms with van der Waals surface area (Å²) in [6.45, 7) is 3.40. The third-order valence-electron chi connectivity index (χ3n) is 3.23. The molecule has 0 unspecified atom stereocenters. The number of benzene rings is 1. The predicted molar refractivity (Wildman–Crippen MR) is 69.1 cm³/mol. The van der Waals surface area contributed by atoms with E-state index in [4.69, 9.17) is 0 Å². The van der Waals surface area contributed by atoms with Gasteiger partial charge in [-0.3, -0.25) is 4.79 Å². The van der Waals surface area contributed by atoms with Gasteiger partial charge in [0, 0.05) is 18.2 Å². The predicted octanol–water partition coefficient (Wildman–Crippen LogP) is 2.01. The molecule has 0 saturated carbocycles. The number of carbonyl (C=O) groups is 1. The van der Waals surface area contributed by atoms with Crippen molar-refractivity contribution in [2.24, 2.45) is 0 Å². The number of piperidine rings is 1. The van der Waals surface area contributed by atoms with E-state index in [9.17, 15) is 9.18 Å². The van der Waals surface area contributed by atoms with Gasteiger partial charge < -0.3 is 10.6 Å². The number of nitrogens with one attached hydrogen (secondary N) is 2. The Labute approximate surface area is 107 Å². The molecule has 1 aromatic rings. The molecule has 98 valence electrons. The van der Waals surface area contributed by atoms with Crippen molar-refractivity contribution >= 4 is 5.91 Å². The fourth-order valence-corrected chi connectivity index (χ4v) is 2.28. The summed E-state index contributed by atoms with van der Waals surface area (Å²) in [5.41, 5.74) is 1.15. The first-order valence-corrected chi connectivity index (χ1v) is 6.44. The summed E-state index contributed by atoms with van der Waals surface area (Å²) < 4.78 is 13.2. The maximum atomic E-state index is 13.2. The lowest BCUT2D eigenvalue weighted by molar-refractivity contribution is 0.0947. The van der Waals surface area contributed by atoms with Crippen LogP contribution in [0.1, 0.15) is 35.2 Å².